The summed E-state index contributed by atoms with van der Waals surface area (Å²) >= 11 is 0. The van der Waals surface area contributed by atoms with E-state index in [9.17, 15) is 13.2 Å². The van der Waals surface area contributed by atoms with Gasteiger partial charge in [-0.15, -0.1) is 0 Å². The van der Waals surface area contributed by atoms with E-state index in [4.69, 9.17) is 9.47 Å². The third-order valence-electron chi connectivity index (χ3n) is 4.76. The number of hydrogen-bond acceptors (Lipinski definition) is 5. The molecule has 0 saturated carbocycles. The molecule has 1 saturated heterocycles. The van der Waals surface area contributed by atoms with Gasteiger partial charge in [-0.1, -0.05) is 30.3 Å². The highest BCUT2D eigenvalue weighted by Crippen LogP contribution is 2.29. The van der Waals surface area contributed by atoms with Gasteiger partial charge in [0.25, 0.3) is 5.91 Å². The molecule has 3 rings (SSSR count). The van der Waals surface area contributed by atoms with E-state index in [1.807, 2.05) is 37.3 Å². The van der Waals surface area contributed by atoms with Gasteiger partial charge in [-0.25, -0.2) is 8.42 Å². The number of nitrogens with zero attached hydrogens (tertiary/aromatic N) is 1. The predicted molar refractivity (Wildman–Crippen MR) is 107 cm³/mol. The van der Waals surface area contributed by atoms with Crippen LogP contribution in [0.2, 0.25) is 0 Å². The van der Waals surface area contributed by atoms with Crippen LogP contribution in [0.15, 0.2) is 54.6 Å². The van der Waals surface area contributed by atoms with E-state index in [0.717, 1.165) is 11.3 Å². The normalized spacial score (nSPS) is 18.9. The van der Waals surface area contributed by atoms with Gasteiger partial charge >= 0.3 is 0 Å². The molecule has 150 valence electrons. The summed E-state index contributed by atoms with van der Waals surface area (Å²) in [7, 11) is -3.31. The van der Waals surface area contributed by atoms with Gasteiger partial charge in [-0.2, -0.15) is 0 Å². The summed E-state index contributed by atoms with van der Waals surface area (Å²) in [4.78, 5) is 14.1. The average molecular weight is 404 g/mol. The number of rotatable bonds is 6. The van der Waals surface area contributed by atoms with Crippen molar-refractivity contribution in [1.29, 1.82) is 0 Å². The van der Waals surface area contributed by atoms with Gasteiger partial charge in [0.1, 0.15) is 11.5 Å². The van der Waals surface area contributed by atoms with Crippen molar-refractivity contribution >= 4 is 15.7 Å². The second kappa shape index (κ2) is 9.10. The molecule has 1 atom stereocenters. The molecule has 0 radical (unpaired) electrons. The Bertz CT molecular complexity index is 881. The lowest BCUT2D eigenvalue weighted by atomic mass is 10.1. The summed E-state index contributed by atoms with van der Waals surface area (Å²) < 4.78 is 36.2. The Kier molecular flexibility index (Phi) is 6.57. The van der Waals surface area contributed by atoms with E-state index in [-0.39, 0.29) is 24.8 Å². The monoisotopic (exact) mass is 403 g/mol. The summed E-state index contributed by atoms with van der Waals surface area (Å²) in [5.41, 5.74) is 0.780. The molecule has 2 aromatic rings. The van der Waals surface area contributed by atoms with Crippen LogP contribution in [0.5, 0.6) is 11.5 Å². The third-order valence-corrected chi connectivity index (χ3v) is 6.89. The van der Waals surface area contributed by atoms with E-state index in [0.29, 0.717) is 25.3 Å². The Morgan fingerprint density at radius 3 is 2.29 bits per heavy atom. The molecule has 2 aromatic carbocycles. The number of hydrogen-bond donors (Lipinski definition) is 0. The molecule has 1 aliphatic rings. The second-order valence-electron chi connectivity index (χ2n) is 6.63. The van der Waals surface area contributed by atoms with Crippen molar-refractivity contribution in [3.63, 3.8) is 0 Å². The van der Waals surface area contributed by atoms with Crippen molar-refractivity contribution in [3.05, 3.63) is 60.2 Å². The molecule has 0 spiro atoms. The first kappa shape index (κ1) is 20.2. The standard InChI is InChI=1S/C21H25NO5S/c1-2-26-18-8-10-19(11-9-18)27-16-21(23)22-13-12-20(28(24,25)15-14-22)17-6-4-3-5-7-17/h3-11,20H,2,12-16H2,1H3. The fourth-order valence-electron chi connectivity index (χ4n) is 3.27. The van der Waals surface area contributed by atoms with Crippen molar-refractivity contribution in [3.8, 4) is 11.5 Å². The predicted octanol–water partition coefficient (Wildman–Crippen LogP) is 2.85. The molecule has 6 nitrogen and oxygen atoms in total. The van der Waals surface area contributed by atoms with Gasteiger partial charge in [0.15, 0.2) is 16.4 Å². The molecule has 1 unspecified atom stereocenters. The Labute approximate surface area is 166 Å². The summed E-state index contributed by atoms with van der Waals surface area (Å²) in [6.07, 6.45) is 0.390. The average Bonchev–Trinajstić information content (AvgIpc) is 2.86. The van der Waals surface area contributed by atoms with Crippen LogP contribution >= 0.6 is 0 Å². The lowest BCUT2D eigenvalue weighted by Crippen LogP contribution is -2.37. The molecule has 1 fully saturated rings. The van der Waals surface area contributed by atoms with Gasteiger partial charge in [-0.3, -0.25) is 4.79 Å². The summed E-state index contributed by atoms with van der Waals surface area (Å²) in [6.45, 7) is 2.96. The van der Waals surface area contributed by atoms with E-state index in [1.54, 1.807) is 29.2 Å². The minimum absolute atomic E-state index is 0.0403. The molecule has 0 bridgehead atoms. The van der Waals surface area contributed by atoms with Crippen LogP contribution in [0.3, 0.4) is 0 Å². The zero-order valence-corrected chi connectivity index (χ0v) is 16.7. The number of ether oxygens (including phenoxy) is 2. The smallest absolute Gasteiger partial charge is 0.260 e. The van der Waals surface area contributed by atoms with Crippen LogP contribution in [0.4, 0.5) is 0 Å². The summed E-state index contributed by atoms with van der Waals surface area (Å²) in [5.74, 6) is 1.06. The van der Waals surface area contributed by atoms with Crippen LogP contribution in [0.25, 0.3) is 0 Å². The zero-order chi connectivity index (χ0) is 20.0. The van der Waals surface area contributed by atoms with Crippen LogP contribution in [0.1, 0.15) is 24.2 Å². The van der Waals surface area contributed by atoms with Crippen LogP contribution in [-0.4, -0.2) is 51.3 Å². The van der Waals surface area contributed by atoms with Gasteiger partial charge in [0.05, 0.1) is 17.6 Å². The highest BCUT2D eigenvalue weighted by molar-refractivity contribution is 7.91. The van der Waals surface area contributed by atoms with Crippen LogP contribution < -0.4 is 9.47 Å². The molecule has 1 aliphatic heterocycles. The number of benzene rings is 2. The molecular weight excluding hydrogens is 378 g/mol. The van der Waals surface area contributed by atoms with Gasteiger partial charge < -0.3 is 14.4 Å². The minimum atomic E-state index is -3.31. The second-order valence-corrected chi connectivity index (χ2v) is 8.93. The van der Waals surface area contributed by atoms with Crippen molar-refractivity contribution in [2.24, 2.45) is 0 Å². The van der Waals surface area contributed by atoms with Gasteiger partial charge in [0, 0.05) is 13.1 Å². The topological polar surface area (TPSA) is 72.9 Å². The highest BCUT2D eigenvalue weighted by Gasteiger charge is 2.32. The molecule has 7 heteroatoms. The Morgan fingerprint density at radius 2 is 1.64 bits per heavy atom. The number of sulfone groups is 1. The zero-order valence-electron chi connectivity index (χ0n) is 15.9. The highest BCUT2D eigenvalue weighted by atomic mass is 32.2. The fourth-order valence-corrected chi connectivity index (χ4v) is 5.07. The number of carbonyl (C=O) groups excluding carboxylic acids is 1. The van der Waals surface area contributed by atoms with Crippen molar-refractivity contribution < 1.29 is 22.7 Å². The maximum Gasteiger partial charge on any atom is 0.260 e. The van der Waals surface area contributed by atoms with E-state index in [1.165, 1.54) is 0 Å². The van der Waals surface area contributed by atoms with Crippen LogP contribution in [0, 0.1) is 0 Å². The maximum absolute atomic E-state index is 12.7. The Morgan fingerprint density at radius 1 is 1.00 bits per heavy atom. The quantitative estimate of drug-likeness (QED) is 0.742. The van der Waals surface area contributed by atoms with Gasteiger partial charge in [0.2, 0.25) is 0 Å². The first-order valence-corrected chi connectivity index (χ1v) is 11.1. The molecular formula is C21H25NO5S. The lowest BCUT2D eigenvalue weighted by Gasteiger charge is -2.20. The molecule has 0 aliphatic carbocycles. The number of amides is 1. The summed E-state index contributed by atoms with van der Waals surface area (Å²) in [6, 6.07) is 16.3. The summed E-state index contributed by atoms with van der Waals surface area (Å²) in [5, 5.41) is -0.571. The van der Waals surface area contributed by atoms with Crippen molar-refractivity contribution in [2.45, 2.75) is 18.6 Å². The third kappa shape index (κ3) is 5.04. The van der Waals surface area contributed by atoms with E-state index in [2.05, 4.69) is 0 Å². The number of carbonyl (C=O) groups is 1. The maximum atomic E-state index is 12.7. The molecule has 0 N–H and O–H groups in total. The van der Waals surface area contributed by atoms with Crippen LogP contribution in [-0.2, 0) is 14.6 Å². The fraction of sp³-hybridized carbons (Fsp3) is 0.381. The first-order valence-electron chi connectivity index (χ1n) is 9.39. The molecule has 1 heterocycles. The minimum Gasteiger partial charge on any atom is -0.494 e. The molecule has 28 heavy (non-hydrogen) atoms. The largest absolute Gasteiger partial charge is 0.494 e. The van der Waals surface area contributed by atoms with E-state index < -0.39 is 15.1 Å². The van der Waals surface area contributed by atoms with E-state index >= 15 is 0 Å². The molecule has 1 amide bonds. The first-order chi connectivity index (χ1) is 13.5. The van der Waals surface area contributed by atoms with Gasteiger partial charge in [-0.05, 0) is 43.2 Å². The van der Waals surface area contributed by atoms with Crippen molar-refractivity contribution in [1.82, 2.24) is 4.90 Å². The lowest BCUT2D eigenvalue weighted by molar-refractivity contribution is -0.133. The molecule has 0 aromatic heterocycles. The Balaban J connectivity index is 1.59. The van der Waals surface area contributed by atoms with Crippen molar-refractivity contribution in [2.75, 3.05) is 32.1 Å². The SMILES string of the molecule is CCOc1ccc(OCC(=O)N2CCC(c3ccccc3)S(=O)(=O)CC2)cc1. The Hall–Kier alpha value is -2.54.